The molecule has 14 heavy (non-hydrogen) atoms. The van der Waals surface area contributed by atoms with Crippen LogP contribution in [0.2, 0.25) is 0 Å². The Bertz CT molecular complexity index is 165. The minimum absolute atomic E-state index is 0.139. The predicted octanol–water partition coefficient (Wildman–Crippen LogP) is 1.25. The molecule has 0 aromatic carbocycles. The van der Waals surface area contributed by atoms with E-state index in [4.69, 9.17) is 20.3 Å². The summed E-state index contributed by atoms with van der Waals surface area (Å²) in [6.45, 7) is 0. The second-order valence-corrected chi connectivity index (χ2v) is 2.43. The monoisotopic (exact) mass is 207 g/mol. The van der Waals surface area contributed by atoms with Gasteiger partial charge >= 0.3 is 11.9 Å². The van der Waals surface area contributed by atoms with Crippen molar-refractivity contribution < 1.29 is 25.0 Å². The molecule has 0 fully saturated rings. The van der Waals surface area contributed by atoms with Crippen LogP contribution in [0.25, 0.3) is 0 Å². The minimum Gasteiger partial charge on any atom is -0.481 e. The summed E-state index contributed by atoms with van der Waals surface area (Å²) in [4.78, 5) is 28.1. The first-order chi connectivity index (χ1) is 6.54. The molecule has 0 rings (SSSR count). The Morgan fingerprint density at radius 2 is 1.21 bits per heavy atom. The Kier molecular flexibility index (Phi) is 12.0. The van der Waals surface area contributed by atoms with Crippen LogP contribution in [0, 0.1) is 4.91 Å². The molecule has 0 aromatic heterocycles. The van der Waals surface area contributed by atoms with Gasteiger partial charge in [-0.1, -0.05) is 6.42 Å². The van der Waals surface area contributed by atoms with Crippen molar-refractivity contribution >= 4 is 11.9 Å². The average Bonchev–Trinajstić information content (AvgIpc) is 2.04. The largest absolute Gasteiger partial charge is 0.481 e. The molecule has 3 N–H and O–H groups in total. The number of unbranched alkanes of at least 4 members (excludes halogenated alkanes) is 2. The molecule has 0 saturated carbocycles. The lowest BCUT2D eigenvalue weighted by Crippen LogP contribution is -1.96. The predicted molar refractivity (Wildman–Crippen MR) is 45.9 cm³/mol. The molecular weight excluding hydrogens is 194 g/mol. The standard InChI is InChI=1S/C7H12O4.HNO2/c8-6(9)4-2-1-3-5-7(10)11;2-1-3/h1-5H2,(H,8,9)(H,10,11);(H,2,3). The molecule has 0 aromatic rings. The highest BCUT2D eigenvalue weighted by Crippen LogP contribution is 2.02. The minimum atomic E-state index is -0.819. The van der Waals surface area contributed by atoms with Gasteiger partial charge in [-0.3, -0.25) is 9.59 Å². The zero-order valence-electron chi connectivity index (χ0n) is 7.55. The van der Waals surface area contributed by atoms with E-state index in [1.807, 2.05) is 0 Å². The van der Waals surface area contributed by atoms with Crippen LogP contribution < -0.4 is 0 Å². The summed E-state index contributed by atoms with van der Waals surface area (Å²) in [7, 11) is 0. The number of hydrogen-bond donors (Lipinski definition) is 3. The van der Waals surface area contributed by atoms with Crippen LogP contribution >= 0.6 is 0 Å². The van der Waals surface area contributed by atoms with Gasteiger partial charge in [0, 0.05) is 12.8 Å². The van der Waals surface area contributed by atoms with E-state index in [1.165, 1.54) is 5.34 Å². The van der Waals surface area contributed by atoms with Crippen LogP contribution in [0.3, 0.4) is 0 Å². The lowest BCUT2D eigenvalue weighted by molar-refractivity contribution is -0.137. The zero-order chi connectivity index (χ0) is 11.4. The van der Waals surface area contributed by atoms with E-state index in [9.17, 15) is 9.59 Å². The molecule has 0 aliphatic heterocycles. The molecule has 7 nitrogen and oxygen atoms in total. The van der Waals surface area contributed by atoms with Gasteiger partial charge < -0.3 is 15.4 Å². The molecule has 82 valence electrons. The van der Waals surface area contributed by atoms with Crippen molar-refractivity contribution in [2.24, 2.45) is 5.34 Å². The maximum absolute atomic E-state index is 9.98. The third-order valence-electron chi connectivity index (χ3n) is 1.28. The molecule has 0 atom stereocenters. The van der Waals surface area contributed by atoms with Crippen LogP contribution in [0.1, 0.15) is 32.1 Å². The van der Waals surface area contributed by atoms with E-state index in [2.05, 4.69) is 0 Å². The summed E-state index contributed by atoms with van der Waals surface area (Å²) in [5.41, 5.74) is 0. The summed E-state index contributed by atoms with van der Waals surface area (Å²) < 4.78 is 0. The fourth-order valence-electron chi connectivity index (χ4n) is 0.729. The van der Waals surface area contributed by atoms with Crippen molar-refractivity contribution in [1.82, 2.24) is 0 Å². The van der Waals surface area contributed by atoms with E-state index in [-0.39, 0.29) is 12.8 Å². The van der Waals surface area contributed by atoms with Crippen LogP contribution in [-0.2, 0) is 9.59 Å². The first kappa shape index (κ1) is 14.8. The summed E-state index contributed by atoms with van der Waals surface area (Å²) in [6, 6.07) is 0. The quantitative estimate of drug-likeness (QED) is 0.342. The molecule has 0 saturated heterocycles. The van der Waals surface area contributed by atoms with Crippen molar-refractivity contribution in [2.45, 2.75) is 32.1 Å². The molecule has 0 aliphatic carbocycles. The van der Waals surface area contributed by atoms with Crippen LogP contribution in [0.4, 0.5) is 0 Å². The fourth-order valence-corrected chi connectivity index (χ4v) is 0.729. The van der Waals surface area contributed by atoms with Crippen molar-refractivity contribution in [3.8, 4) is 0 Å². The van der Waals surface area contributed by atoms with E-state index < -0.39 is 11.9 Å². The Labute approximate surface area is 80.3 Å². The Morgan fingerprint density at radius 3 is 1.43 bits per heavy atom. The van der Waals surface area contributed by atoms with Crippen LogP contribution in [-0.4, -0.2) is 27.4 Å². The van der Waals surface area contributed by atoms with Gasteiger partial charge in [0.1, 0.15) is 0 Å². The van der Waals surface area contributed by atoms with Crippen LogP contribution in [0.5, 0.6) is 0 Å². The average molecular weight is 207 g/mol. The zero-order valence-corrected chi connectivity index (χ0v) is 7.55. The first-order valence-electron chi connectivity index (χ1n) is 3.95. The van der Waals surface area contributed by atoms with E-state index >= 15 is 0 Å². The molecule has 0 spiro atoms. The topological polar surface area (TPSA) is 124 Å². The Hall–Kier alpha value is -1.66. The van der Waals surface area contributed by atoms with Crippen LogP contribution in [0.15, 0.2) is 5.34 Å². The van der Waals surface area contributed by atoms with Crippen molar-refractivity contribution in [2.75, 3.05) is 0 Å². The summed E-state index contributed by atoms with van der Waals surface area (Å²) in [5, 5.41) is 24.3. The van der Waals surface area contributed by atoms with Crippen molar-refractivity contribution in [3.05, 3.63) is 4.91 Å². The van der Waals surface area contributed by atoms with Gasteiger partial charge in [0.05, 0.1) is 0 Å². The molecular formula is C7H13NO6. The number of carbonyl (C=O) groups is 2. The molecule has 0 radical (unpaired) electrons. The summed E-state index contributed by atoms with van der Waals surface area (Å²) in [5.74, 6) is -1.64. The number of nitrogens with zero attached hydrogens (tertiary/aromatic N) is 1. The van der Waals surface area contributed by atoms with E-state index in [1.54, 1.807) is 0 Å². The Balaban J connectivity index is 0. The summed E-state index contributed by atoms with van der Waals surface area (Å²) >= 11 is 0. The number of rotatable bonds is 6. The van der Waals surface area contributed by atoms with Gasteiger partial charge in [-0.15, -0.1) is 4.91 Å². The smallest absolute Gasteiger partial charge is 0.303 e. The number of aliphatic carboxylic acids is 2. The SMILES string of the molecule is O=C(O)CCCCCC(=O)O.O=NO. The highest BCUT2D eigenvalue weighted by molar-refractivity contribution is 5.67. The lowest BCUT2D eigenvalue weighted by Gasteiger charge is -1.94. The van der Waals surface area contributed by atoms with Crippen molar-refractivity contribution in [1.29, 1.82) is 0 Å². The molecule has 7 heteroatoms. The third-order valence-corrected chi connectivity index (χ3v) is 1.28. The fraction of sp³-hybridized carbons (Fsp3) is 0.714. The van der Waals surface area contributed by atoms with Gasteiger partial charge in [0.2, 0.25) is 0 Å². The van der Waals surface area contributed by atoms with Gasteiger partial charge in [0.25, 0.3) is 0 Å². The van der Waals surface area contributed by atoms with Gasteiger partial charge in [-0.05, 0) is 12.8 Å². The molecule has 0 amide bonds. The van der Waals surface area contributed by atoms with E-state index in [0.717, 1.165) is 0 Å². The molecule has 0 heterocycles. The molecule has 0 bridgehead atoms. The highest BCUT2D eigenvalue weighted by atomic mass is 16.6. The maximum Gasteiger partial charge on any atom is 0.303 e. The first-order valence-corrected chi connectivity index (χ1v) is 3.95. The second-order valence-electron chi connectivity index (χ2n) is 2.43. The Morgan fingerprint density at radius 1 is 0.929 bits per heavy atom. The number of hydrogen-bond acceptors (Lipinski definition) is 4. The molecule has 0 aliphatic rings. The normalized spacial score (nSPS) is 8.29. The highest BCUT2D eigenvalue weighted by Gasteiger charge is 1.98. The second kappa shape index (κ2) is 11.3. The van der Waals surface area contributed by atoms with Gasteiger partial charge in [0.15, 0.2) is 5.34 Å². The summed E-state index contributed by atoms with van der Waals surface area (Å²) in [6.07, 6.45) is 2.10. The number of carboxylic acid groups (broad SMARTS) is 2. The van der Waals surface area contributed by atoms with E-state index in [0.29, 0.717) is 19.3 Å². The van der Waals surface area contributed by atoms with Gasteiger partial charge in [-0.2, -0.15) is 0 Å². The van der Waals surface area contributed by atoms with Crippen molar-refractivity contribution in [3.63, 3.8) is 0 Å². The molecule has 0 unspecified atom stereocenters. The number of carboxylic acids is 2. The third kappa shape index (κ3) is 22.4. The maximum atomic E-state index is 9.98. The lowest BCUT2D eigenvalue weighted by atomic mass is 10.1. The van der Waals surface area contributed by atoms with Gasteiger partial charge in [-0.25, -0.2) is 0 Å².